The van der Waals surface area contributed by atoms with Crippen LogP contribution >= 0.6 is 0 Å². The van der Waals surface area contributed by atoms with Crippen LogP contribution in [0.4, 0.5) is 0 Å². The van der Waals surface area contributed by atoms with Crippen molar-refractivity contribution in [3.05, 3.63) is 0 Å². The number of aliphatic carboxylic acids is 1. The molecule has 0 fully saturated rings. The molecule has 1 N–H and O–H groups in total. The number of hydrogen-bond donors (Lipinski definition) is 1. The van der Waals surface area contributed by atoms with Gasteiger partial charge in [-0.2, -0.15) is 0 Å². The van der Waals surface area contributed by atoms with Crippen LogP contribution in [-0.4, -0.2) is 51.7 Å². The Labute approximate surface area is 98.3 Å². The van der Waals surface area contributed by atoms with Gasteiger partial charge in [0.2, 0.25) is 5.91 Å². The largest absolute Gasteiger partial charge is 0.481 e. The van der Waals surface area contributed by atoms with E-state index in [1.165, 1.54) is 11.8 Å². The van der Waals surface area contributed by atoms with Gasteiger partial charge in [-0.25, -0.2) is 0 Å². The topological polar surface area (TPSA) is 74.7 Å². The molecule has 0 aliphatic rings. The van der Waals surface area contributed by atoms with E-state index < -0.39 is 22.7 Å². The van der Waals surface area contributed by atoms with E-state index in [0.717, 1.165) is 0 Å². The van der Waals surface area contributed by atoms with Gasteiger partial charge in [0, 0.05) is 42.8 Å². The highest BCUT2D eigenvalue weighted by Crippen LogP contribution is 2.02. The SMILES string of the molecule is CC(CS(=O)CCCC(=O)N(C)C)C(=O)O. The van der Waals surface area contributed by atoms with Crippen LogP contribution in [0.2, 0.25) is 0 Å². The van der Waals surface area contributed by atoms with Crippen LogP contribution in [0.1, 0.15) is 19.8 Å². The third kappa shape index (κ3) is 6.55. The summed E-state index contributed by atoms with van der Waals surface area (Å²) in [5.41, 5.74) is 0. The molecule has 0 saturated carbocycles. The normalized spacial score (nSPS) is 14.2. The molecule has 0 bridgehead atoms. The first-order valence-corrected chi connectivity index (χ1v) is 6.61. The Morgan fingerprint density at radius 3 is 2.38 bits per heavy atom. The minimum Gasteiger partial charge on any atom is -0.481 e. The van der Waals surface area contributed by atoms with Crippen molar-refractivity contribution in [3.8, 4) is 0 Å². The molecular formula is C10H19NO4S. The Hall–Kier alpha value is -0.910. The molecule has 0 spiro atoms. The fourth-order valence-corrected chi connectivity index (χ4v) is 2.37. The van der Waals surface area contributed by atoms with Crippen LogP contribution in [-0.2, 0) is 20.4 Å². The van der Waals surface area contributed by atoms with Crippen LogP contribution in [0, 0.1) is 5.92 Å². The molecule has 2 atom stereocenters. The minimum absolute atomic E-state index is 0.00304. The molecule has 2 unspecified atom stereocenters. The lowest BCUT2D eigenvalue weighted by molar-refractivity contribution is -0.140. The van der Waals surface area contributed by atoms with Crippen molar-refractivity contribution < 1.29 is 18.9 Å². The van der Waals surface area contributed by atoms with Crippen molar-refractivity contribution in [2.45, 2.75) is 19.8 Å². The van der Waals surface area contributed by atoms with Crippen LogP contribution in [0.5, 0.6) is 0 Å². The van der Waals surface area contributed by atoms with Crippen molar-refractivity contribution in [1.29, 1.82) is 0 Å². The zero-order chi connectivity index (χ0) is 12.7. The van der Waals surface area contributed by atoms with Gasteiger partial charge in [-0.3, -0.25) is 13.8 Å². The smallest absolute Gasteiger partial charge is 0.307 e. The number of hydrogen-bond acceptors (Lipinski definition) is 3. The fourth-order valence-electron chi connectivity index (χ4n) is 1.04. The maximum atomic E-state index is 11.4. The van der Waals surface area contributed by atoms with Gasteiger partial charge in [-0.05, 0) is 6.42 Å². The summed E-state index contributed by atoms with van der Waals surface area (Å²) in [6.07, 6.45) is 0.899. The predicted octanol–water partition coefficient (Wildman–Crippen LogP) is 0.324. The molecule has 16 heavy (non-hydrogen) atoms. The summed E-state index contributed by atoms with van der Waals surface area (Å²) in [6.45, 7) is 1.53. The summed E-state index contributed by atoms with van der Waals surface area (Å²) in [7, 11) is 2.19. The average Bonchev–Trinajstić information content (AvgIpc) is 2.16. The zero-order valence-corrected chi connectivity index (χ0v) is 10.7. The van der Waals surface area contributed by atoms with E-state index in [1.807, 2.05) is 0 Å². The Kier molecular flexibility index (Phi) is 6.96. The van der Waals surface area contributed by atoms with E-state index >= 15 is 0 Å². The fraction of sp³-hybridized carbons (Fsp3) is 0.800. The minimum atomic E-state index is -1.15. The third-order valence-corrected chi connectivity index (χ3v) is 3.73. The molecule has 6 heteroatoms. The first-order chi connectivity index (χ1) is 7.34. The van der Waals surface area contributed by atoms with Crippen LogP contribution < -0.4 is 0 Å². The molecule has 1 amide bonds. The van der Waals surface area contributed by atoms with Crippen molar-refractivity contribution in [2.75, 3.05) is 25.6 Å². The molecule has 0 aromatic heterocycles. The van der Waals surface area contributed by atoms with Crippen molar-refractivity contribution >= 4 is 22.7 Å². The Morgan fingerprint density at radius 1 is 1.38 bits per heavy atom. The molecule has 0 radical (unpaired) electrons. The highest BCUT2D eigenvalue weighted by atomic mass is 32.2. The Morgan fingerprint density at radius 2 is 1.94 bits per heavy atom. The lowest BCUT2D eigenvalue weighted by Gasteiger charge is -2.10. The second kappa shape index (κ2) is 7.38. The number of amides is 1. The number of carbonyl (C=O) groups excluding carboxylic acids is 1. The Balaban J connectivity index is 3.75. The monoisotopic (exact) mass is 249 g/mol. The van der Waals surface area contributed by atoms with Gasteiger partial charge in [-0.1, -0.05) is 6.92 Å². The summed E-state index contributed by atoms with van der Waals surface area (Å²) in [4.78, 5) is 23.2. The number of nitrogens with zero attached hydrogens (tertiary/aromatic N) is 1. The third-order valence-electron chi connectivity index (χ3n) is 2.12. The van der Waals surface area contributed by atoms with Crippen LogP contribution in [0.15, 0.2) is 0 Å². The summed E-state index contributed by atoms with van der Waals surface area (Å²) >= 11 is 0. The van der Waals surface area contributed by atoms with E-state index in [1.54, 1.807) is 14.1 Å². The summed E-state index contributed by atoms with van der Waals surface area (Å²) in [5.74, 6) is -0.978. The summed E-state index contributed by atoms with van der Waals surface area (Å²) < 4.78 is 11.4. The Bertz CT molecular complexity index is 278. The first-order valence-electron chi connectivity index (χ1n) is 5.12. The lowest BCUT2D eigenvalue weighted by Crippen LogP contribution is -2.22. The summed E-state index contributed by atoms with van der Waals surface area (Å²) in [5, 5.41) is 8.62. The second-order valence-corrected chi connectivity index (χ2v) is 5.56. The number of rotatable bonds is 7. The standard InChI is InChI=1S/C10H19NO4S/c1-8(10(13)14)7-16(15)6-4-5-9(12)11(2)3/h8H,4-7H2,1-3H3,(H,13,14). The molecular weight excluding hydrogens is 230 g/mol. The summed E-state index contributed by atoms with van der Waals surface area (Å²) in [6, 6.07) is 0. The molecule has 0 aromatic carbocycles. The number of carbonyl (C=O) groups is 2. The van der Waals surface area contributed by atoms with Gasteiger partial charge in [0.15, 0.2) is 0 Å². The van der Waals surface area contributed by atoms with Gasteiger partial charge < -0.3 is 10.0 Å². The van der Waals surface area contributed by atoms with Crippen LogP contribution in [0.25, 0.3) is 0 Å². The van der Waals surface area contributed by atoms with Crippen molar-refractivity contribution in [3.63, 3.8) is 0 Å². The highest BCUT2D eigenvalue weighted by Gasteiger charge is 2.14. The van der Waals surface area contributed by atoms with Gasteiger partial charge in [-0.15, -0.1) is 0 Å². The number of carboxylic acid groups (broad SMARTS) is 1. The first kappa shape index (κ1) is 15.1. The lowest BCUT2D eigenvalue weighted by atomic mass is 10.2. The van der Waals surface area contributed by atoms with Gasteiger partial charge in [0.1, 0.15) is 0 Å². The number of carboxylic acids is 1. The predicted molar refractivity (Wildman–Crippen MR) is 62.6 cm³/mol. The van der Waals surface area contributed by atoms with Gasteiger partial charge in [0.05, 0.1) is 5.92 Å². The van der Waals surface area contributed by atoms with E-state index in [2.05, 4.69) is 0 Å². The molecule has 0 aliphatic carbocycles. The highest BCUT2D eigenvalue weighted by molar-refractivity contribution is 7.85. The van der Waals surface area contributed by atoms with E-state index in [9.17, 15) is 13.8 Å². The van der Waals surface area contributed by atoms with E-state index in [4.69, 9.17) is 5.11 Å². The average molecular weight is 249 g/mol. The molecule has 5 nitrogen and oxygen atoms in total. The maximum Gasteiger partial charge on any atom is 0.307 e. The second-order valence-electron chi connectivity index (χ2n) is 3.94. The maximum absolute atomic E-state index is 11.4. The quantitative estimate of drug-likeness (QED) is 0.705. The van der Waals surface area contributed by atoms with Gasteiger partial charge in [0.25, 0.3) is 0 Å². The van der Waals surface area contributed by atoms with E-state index in [0.29, 0.717) is 18.6 Å². The van der Waals surface area contributed by atoms with E-state index in [-0.39, 0.29) is 11.7 Å². The van der Waals surface area contributed by atoms with Crippen molar-refractivity contribution in [2.24, 2.45) is 5.92 Å². The molecule has 94 valence electrons. The molecule has 0 aliphatic heterocycles. The van der Waals surface area contributed by atoms with Crippen LogP contribution in [0.3, 0.4) is 0 Å². The molecule has 0 aromatic rings. The molecule has 0 heterocycles. The zero-order valence-electron chi connectivity index (χ0n) is 9.93. The van der Waals surface area contributed by atoms with Crippen molar-refractivity contribution in [1.82, 2.24) is 4.90 Å². The van der Waals surface area contributed by atoms with Gasteiger partial charge >= 0.3 is 5.97 Å². The molecule has 0 rings (SSSR count). The molecule has 0 saturated heterocycles.